The molecular weight excluding hydrogens is 219 g/mol. The molecule has 1 unspecified atom stereocenters. The van der Waals surface area contributed by atoms with E-state index >= 15 is 0 Å². The van der Waals surface area contributed by atoms with E-state index in [9.17, 15) is 4.39 Å². The van der Waals surface area contributed by atoms with Crippen molar-refractivity contribution in [1.29, 1.82) is 5.26 Å². The van der Waals surface area contributed by atoms with Gasteiger partial charge in [-0.05, 0) is 25.1 Å². The topological polar surface area (TPSA) is 45.0 Å². The maximum Gasteiger partial charge on any atom is 0.126 e. The molecule has 0 fully saturated rings. The summed E-state index contributed by atoms with van der Waals surface area (Å²) >= 11 is 0. The monoisotopic (exact) mass is 236 g/mol. The Morgan fingerprint density at radius 3 is 3.00 bits per heavy atom. The molecule has 0 aromatic heterocycles. The second-order valence-corrected chi connectivity index (χ2v) is 3.73. The quantitative estimate of drug-likeness (QED) is 0.791. The summed E-state index contributed by atoms with van der Waals surface area (Å²) in [6.45, 7) is 3.27. The molecule has 0 heterocycles. The molecule has 1 aromatic rings. The fraction of sp³-hybridized carbons (Fsp3) is 0.462. The van der Waals surface area contributed by atoms with Gasteiger partial charge in [0.1, 0.15) is 11.6 Å². The van der Waals surface area contributed by atoms with Crippen molar-refractivity contribution in [3.63, 3.8) is 0 Å². The molecule has 92 valence electrons. The molecule has 1 rings (SSSR count). The van der Waals surface area contributed by atoms with E-state index < -0.39 is 0 Å². The third-order valence-corrected chi connectivity index (χ3v) is 2.27. The van der Waals surface area contributed by atoms with Gasteiger partial charge in [0.05, 0.1) is 18.7 Å². The molecule has 0 radical (unpaired) electrons. The van der Waals surface area contributed by atoms with Crippen LogP contribution in [-0.4, -0.2) is 19.2 Å². The molecule has 0 bridgehead atoms. The van der Waals surface area contributed by atoms with Crippen LogP contribution in [0.5, 0.6) is 5.75 Å². The molecule has 0 spiro atoms. The third-order valence-electron chi connectivity index (χ3n) is 2.27. The van der Waals surface area contributed by atoms with Crippen LogP contribution in [0.15, 0.2) is 24.3 Å². The van der Waals surface area contributed by atoms with Crippen molar-refractivity contribution < 1.29 is 9.13 Å². The molecule has 0 aliphatic carbocycles. The van der Waals surface area contributed by atoms with Gasteiger partial charge in [0.25, 0.3) is 0 Å². The average Bonchev–Trinajstić information content (AvgIpc) is 2.33. The van der Waals surface area contributed by atoms with Gasteiger partial charge in [-0.15, -0.1) is 0 Å². The zero-order valence-electron chi connectivity index (χ0n) is 9.95. The Morgan fingerprint density at radius 2 is 2.35 bits per heavy atom. The fourth-order valence-corrected chi connectivity index (χ4v) is 1.38. The van der Waals surface area contributed by atoms with Crippen LogP contribution in [0.2, 0.25) is 0 Å². The summed E-state index contributed by atoms with van der Waals surface area (Å²) in [4.78, 5) is 0. The molecule has 0 amide bonds. The Balaban J connectivity index is 2.29. The van der Waals surface area contributed by atoms with Crippen LogP contribution >= 0.6 is 0 Å². The number of halogens is 1. The zero-order valence-corrected chi connectivity index (χ0v) is 9.95. The highest BCUT2D eigenvalue weighted by Crippen LogP contribution is 2.12. The van der Waals surface area contributed by atoms with Gasteiger partial charge >= 0.3 is 0 Å². The third kappa shape index (κ3) is 5.32. The van der Waals surface area contributed by atoms with Crippen molar-refractivity contribution in [3.8, 4) is 11.8 Å². The van der Waals surface area contributed by atoms with Gasteiger partial charge in [-0.2, -0.15) is 5.26 Å². The molecule has 0 aliphatic heterocycles. The lowest BCUT2D eigenvalue weighted by molar-refractivity contribution is 0.296. The minimum Gasteiger partial charge on any atom is -0.493 e. The van der Waals surface area contributed by atoms with Crippen LogP contribution in [0, 0.1) is 17.1 Å². The van der Waals surface area contributed by atoms with Gasteiger partial charge in [-0.3, -0.25) is 0 Å². The van der Waals surface area contributed by atoms with E-state index in [0.29, 0.717) is 18.8 Å². The first-order chi connectivity index (χ1) is 8.26. The molecule has 0 aliphatic rings. The zero-order chi connectivity index (χ0) is 12.5. The molecule has 1 N–H and O–H groups in total. The summed E-state index contributed by atoms with van der Waals surface area (Å²) in [6, 6.07) is 7.96. The van der Waals surface area contributed by atoms with Crippen molar-refractivity contribution in [2.75, 3.05) is 13.2 Å². The Morgan fingerprint density at radius 1 is 1.53 bits per heavy atom. The van der Waals surface area contributed by atoms with Crippen LogP contribution in [-0.2, 0) is 0 Å². The van der Waals surface area contributed by atoms with Gasteiger partial charge in [0, 0.05) is 12.5 Å². The van der Waals surface area contributed by atoms with Gasteiger partial charge < -0.3 is 10.1 Å². The lowest BCUT2D eigenvalue weighted by Gasteiger charge is -2.11. The van der Waals surface area contributed by atoms with Crippen LogP contribution in [0.3, 0.4) is 0 Å². The number of hydrogen-bond acceptors (Lipinski definition) is 3. The molecule has 1 atom stereocenters. The van der Waals surface area contributed by atoms with E-state index in [4.69, 9.17) is 10.00 Å². The van der Waals surface area contributed by atoms with E-state index in [0.717, 1.165) is 13.0 Å². The van der Waals surface area contributed by atoms with E-state index in [1.807, 2.05) is 6.92 Å². The van der Waals surface area contributed by atoms with Crippen LogP contribution < -0.4 is 10.1 Å². The molecule has 1 aromatic carbocycles. The summed E-state index contributed by atoms with van der Waals surface area (Å²) in [5.41, 5.74) is 0. The van der Waals surface area contributed by atoms with Crippen LogP contribution in [0.1, 0.15) is 19.8 Å². The highest BCUT2D eigenvalue weighted by atomic mass is 19.1. The van der Waals surface area contributed by atoms with Crippen molar-refractivity contribution in [1.82, 2.24) is 5.32 Å². The molecule has 4 heteroatoms. The number of hydrogen-bond donors (Lipinski definition) is 1. The van der Waals surface area contributed by atoms with Gasteiger partial charge in [-0.1, -0.05) is 13.0 Å². The predicted octanol–water partition coefficient (Wildman–Crippen LogP) is 2.49. The molecular formula is C13H17FN2O. The number of ether oxygens (including phenoxy) is 1. The fourth-order valence-electron chi connectivity index (χ4n) is 1.38. The summed E-state index contributed by atoms with van der Waals surface area (Å²) in [7, 11) is 0. The largest absolute Gasteiger partial charge is 0.493 e. The normalized spacial score (nSPS) is 11.8. The van der Waals surface area contributed by atoms with Crippen molar-refractivity contribution in [2.45, 2.75) is 25.8 Å². The van der Waals surface area contributed by atoms with E-state index in [1.165, 1.54) is 12.1 Å². The Kier molecular flexibility index (Phi) is 6.05. The Labute approximate surface area is 101 Å². The Bertz CT molecular complexity index is 376. The number of nitrogens with one attached hydrogen (secondary N) is 1. The molecule has 0 saturated carbocycles. The van der Waals surface area contributed by atoms with Gasteiger partial charge in [-0.25, -0.2) is 4.39 Å². The lowest BCUT2D eigenvalue weighted by Crippen LogP contribution is -2.29. The Hall–Kier alpha value is -1.60. The van der Waals surface area contributed by atoms with Crippen molar-refractivity contribution in [3.05, 3.63) is 30.1 Å². The molecule has 17 heavy (non-hydrogen) atoms. The summed E-state index contributed by atoms with van der Waals surface area (Å²) in [5.74, 6) is 0.181. The van der Waals surface area contributed by atoms with Crippen LogP contribution in [0.4, 0.5) is 4.39 Å². The summed E-state index contributed by atoms with van der Waals surface area (Å²) in [5, 5.41) is 12.0. The van der Waals surface area contributed by atoms with E-state index in [1.54, 1.807) is 12.1 Å². The number of benzene rings is 1. The summed E-state index contributed by atoms with van der Waals surface area (Å²) in [6.07, 6.45) is 1.58. The van der Waals surface area contributed by atoms with Gasteiger partial charge in [0.15, 0.2) is 0 Å². The average molecular weight is 236 g/mol. The number of rotatable bonds is 7. The number of nitrogens with zero attached hydrogens (tertiary/aromatic N) is 1. The second kappa shape index (κ2) is 7.64. The molecule has 0 saturated heterocycles. The molecule has 3 nitrogen and oxygen atoms in total. The maximum absolute atomic E-state index is 12.8. The predicted molar refractivity (Wildman–Crippen MR) is 64.2 cm³/mol. The second-order valence-electron chi connectivity index (χ2n) is 3.73. The first-order valence-corrected chi connectivity index (χ1v) is 5.77. The van der Waals surface area contributed by atoms with Crippen molar-refractivity contribution >= 4 is 0 Å². The lowest BCUT2D eigenvalue weighted by atomic mass is 10.2. The highest BCUT2D eigenvalue weighted by molar-refractivity contribution is 5.22. The minimum atomic E-state index is -0.316. The van der Waals surface area contributed by atoms with E-state index in [2.05, 4.69) is 11.4 Å². The minimum absolute atomic E-state index is 0.205. The van der Waals surface area contributed by atoms with E-state index in [-0.39, 0.29) is 11.9 Å². The van der Waals surface area contributed by atoms with Crippen LogP contribution in [0.25, 0.3) is 0 Å². The van der Waals surface area contributed by atoms with Gasteiger partial charge in [0.2, 0.25) is 0 Å². The first-order valence-electron chi connectivity index (χ1n) is 5.77. The first kappa shape index (κ1) is 13.5. The standard InChI is InChI=1S/C13H17FN2O/c1-2-7-16-12(10-15)6-8-17-13-5-3-4-11(14)9-13/h3-5,9,12,16H,2,6-8H2,1H3. The SMILES string of the molecule is CCCNC(C#N)CCOc1cccc(F)c1. The smallest absolute Gasteiger partial charge is 0.126 e. The van der Waals surface area contributed by atoms with Crippen molar-refractivity contribution in [2.24, 2.45) is 0 Å². The number of nitriles is 1. The highest BCUT2D eigenvalue weighted by Gasteiger charge is 2.05. The maximum atomic E-state index is 12.8. The summed E-state index contributed by atoms with van der Waals surface area (Å²) < 4.78 is 18.2.